The molecule has 0 radical (unpaired) electrons. The van der Waals surface area contributed by atoms with Crippen molar-refractivity contribution in [1.82, 2.24) is 0 Å². The summed E-state index contributed by atoms with van der Waals surface area (Å²) in [6, 6.07) is 0. The molecule has 0 saturated heterocycles. The van der Waals surface area contributed by atoms with E-state index in [2.05, 4.69) is 84.6 Å². The van der Waals surface area contributed by atoms with Gasteiger partial charge in [-0.15, -0.1) is 0 Å². The number of ether oxygens (including phenoxy) is 4. The van der Waals surface area contributed by atoms with Gasteiger partial charge in [-0.25, -0.2) is 0 Å². The lowest BCUT2D eigenvalue weighted by Crippen LogP contribution is -2.46. The fourth-order valence-corrected chi connectivity index (χ4v) is 2.76. The first-order valence-electron chi connectivity index (χ1n) is 12.4. The number of nitrogens with zero attached hydrogens (tertiary/aromatic N) is 4. The minimum atomic E-state index is -0.314. The van der Waals surface area contributed by atoms with Crippen molar-refractivity contribution in [1.29, 1.82) is 0 Å². The molecule has 0 aromatic rings. The van der Waals surface area contributed by atoms with Gasteiger partial charge in [-0.2, -0.15) is 0 Å². The molecule has 0 aliphatic carbocycles. The van der Waals surface area contributed by atoms with E-state index in [4.69, 9.17) is 18.9 Å². The van der Waals surface area contributed by atoms with E-state index in [1.54, 1.807) is 0 Å². The second-order valence-corrected chi connectivity index (χ2v) is 13.8. The fourth-order valence-electron chi connectivity index (χ4n) is 2.76. The van der Waals surface area contributed by atoms with Crippen molar-refractivity contribution in [2.24, 2.45) is 5.41 Å². The third-order valence-corrected chi connectivity index (χ3v) is 5.26. The monoisotopic (exact) mass is 480 g/mol. The molecule has 33 heavy (non-hydrogen) atoms. The van der Waals surface area contributed by atoms with Crippen molar-refractivity contribution < 1.29 is 36.9 Å². The Labute approximate surface area is 206 Å². The van der Waals surface area contributed by atoms with E-state index >= 15 is 0 Å². The van der Waals surface area contributed by atoms with Gasteiger partial charge in [0.1, 0.15) is 26.2 Å². The van der Waals surface area contributed by atoms with Gasteiger partial charge in [0.2, 0.25) is 0 Å². The molecule has 8 heteroatoms. The lowest BCUT2D eigenvalue weighted by molar-refractivity contribution is -0.871. The Balaban J connectivity index is 5.17. The van der Waals surface area contributed by atoms with Gasteiger partial charge in [-0.05, 0) is 0 Å². The number of hydrogen-bond acceptors (Lipinski definition) is 4. The zero-order valence-corrected chi connectivity index (χ0v) is 24.4. The molecule has 0 saturated carbocycles. The first-order chi connectivity index (χ1) is 14.8. The Morgan fingerprint density at radius 2 is 0.545 bits per heavy atom. The topological polar surface area (TPSA) is 36.9 Å². The number of likely N-dealkylation sites (N-methyl/N-ethyl adjacent to an activating group) is 4. The molecule has 0 rings (SSSR count). The molecule has 8 nitrogen and oxygen atoms in total. The Bertz CT molecular complexity index is 409. The molecule has 0 spiro atoms. The van der Waals surface area contributed by atoms with Gasteiger partial charge in [0.15, 0.2) is 0 Å². The van der Waals surface area contributed by atoms with Crippen molar-refractivity contribution in [3.8, 4) is 0 Å². The van der Waals surface area contributed by atoms with Gasteiger partial charge in [-0.1, -0.05) is 0 Å². The van der Waals surface area contributed by atoms with Crippen molar-refractivity contribution in [2.45, 2.75) is 0 Å². The van der Waals surface area contributed by atoms with E-state index in [1.165, 1.54) is 0 Å². The summed E-state index contributed by atoms with van der Waals surface area (Å²) in [5.41, 5.74) is -0.314. The van der Waals surface area contributed by atoms with E-state index < -0.39 is 0 Å². The van der Waals surface area contributed by atoms with Crippen molar-refractivity contribution in [3.63, 3.8) is 0 Å². The first kappa shape index (κ1) is 32.7. The predicted octanol–water partition coefficient (Wildman–Crippen LogP) is 0.864. The molecule has 0 heterocycles. The Hall–Kier alpha value is -0.320. The van der Waals surface area contributed by atoms with E-state index in [1.807, 2.05) is 0 Å². The SMILES string of the molecule is C[N+](C)(C)CCOCC(COCC[N+](C)(C)C)(COCC[N+](C)(C)C)COCC[N+](C)(C)C. The van der Waals surface area contributed by atoms with E-state index in [9.17, 15) is 0 Å². The van der Waals surface area contributed by atoms with Crippen molar-refractivity contribution >= 4 is 0 Å². The van der Waals surface area contributed by atoms with Gasteiger partial charge >= 0.3 is 0 Å². The van der Waals surface area contributed by atoms with Crippen LogP contribution in [0.5, 0.6) is 0 Å². The molecule has 0 aromatic carbocycles. The molecule has 200 valence electrons. The van der Waals surface area contributed by atoms with Crippen LogP contribution in [0.2, 0.25) is 0 Å². The van der Waals surface area contributed by atoms with Crippen LogP contribution in [0.4, 0.5) is 0 Å². The molecule has 0 aromatic heterocycles. The smallest absolute Gasteiger partial charge is 0.102 e. The van der Waals surface area contributed by atoms with Gasteiger partial charge < -0.3 is 36.9 Å². The number of quaternary nitrogens is 4. The maximum atomic E-state index is 6.20. The van der Waals surface area contributed by atoms with E-state index in [0.717, 1.165) is 44.1 Å². The third-order valence-electron chi connectivity index (χ3n) is 5.26. The fraction of sp³-hybridized carbons (Fsp3) is 1.00. The summed E-state index contributed by atoms with van der Waals surface area (Å²) in [5, 5.41) is 0. The maximum absolute atomic E-state index is 6.20. The van der Waals surface area contributed by atoms with Crippen LogP contribution in [-0.2, 0) is 18.9 Å². The Morgan fingerprint density at radius 1 is 0.364 bits per heavy atom. The summed E-state index contributed by atoms with van der Waals surface area (Å²) in [6.07, 6.45) is 0. The molecular formula is C25H60N4O4+4. The summed E-state index contributed by atoms with van der Waals surface area (Å²) < 4.78 is 28.3. The largest absolute Gasteiger partial charge is 0.375 e. The predicted molar refractivity (Wildman–Crippen MR) is 137 cm³/mol. The molecule has 0 fully saturated rings. The normalized spacial score (nSPS) is 14.2. The molecule has 0 bridgehead atoms. The second kappa shape index (κ2) is 14.3. The molecule has 0 N–H and O–H groups in total. The summed E-state index contributed by atoms with van der Waals surface area (Å²) in [5.74, 6) is 0. The van der Waals surface area contributed by atoms with Crippen molar-refractivity contribution in [2.75, 3.05) is 164 Å². The van der Waals surface area contributed by atoms with Crippen LogP contribution in [0.3, 0.4) is 0 Å². The second-order valence-electron chi connectivity index (χ2n) is 13.8. The van der Waals surface area contributed by atoms with Crippen LogP contribution in [0, 0.1) is 5.41 Å². The highest BCUT2D eigenvalue weighted by atomic mass is 16.5. The lowest BCUT2D eigenvalue weighted by Gasteiger charge is -2.35. The average molecular weight is 481 g/mol. The molecule has 0 unspecified atom stereocenters. The van der Waals surface area contributed by atoms with Crippen LogP contribution in [-0.4, -0.2) is 182 Å². The molecule has 0 atom stereocenters. The van der Waals surface area contributed by atoms with Gasteiger partial charge in [0, 0.05) is 0 Å². The standard InChI is InChI=1S/C25H60N4O4/c1-26(2,3)13-17-30-21-25(22-31-18-14-27(4,5)6,23-32-19-15-28(7,8)9)24-33-20-16-29(10,11)12/h13-24H2,1-12H3/q+4. The van der Waals surface area contributed by atoms with Crippen LogP contribution in [0.15, 0.2) is 0 Å². The Morgan fingerprint density at radius 3 is 0.697 bits per heavy atom. The van der Waals surface area contributed by atoms with Crippen LogP contribution in [0.25, 0.3) is 0 Å². The minimum absolute atomic E-state index is 0.314. The highest BCUT2D eigenvalue weighted by Gasteiger charge is 2.33. The van der Waals surface area contributed by atoms with E-state index in [-0.39, 0.29) is 5.41 Å². The molecule has 0 amide bonds. The zero-order chi connectivity index (χ0) is 25.8. The summed E-state index contributed by atoms with van der Waals surface area (Å²) in [7, 11) is 26.2. The van der Waals surface area contributed by atoms with Crippen LogP contribution >= 0.6 is 0 Å². The number of rotatable bonds is 20. The summed E-state index contributed by atoms with van der Waals surface area (Å²) in [6.45, 7) is 8.99. The average Bonchev–Trinajstić information content (AvgIpc) is 2.60. The summed E-state index contributed by atoms with van der Waals surface area (Å²) in [4.78, 5) is 0. The highest BCUT2D eigenvalue weighted by Crippen LogP contribution is 2.21. The first-order valence-corrected chi connectivity index (χ1v) is 12.4. The van der Waals surface area contributed by atoms with Gasteiger partial charge in [0.25, 0.3) is 0 Å². The molecule has 0 aliphatic rings. The van der Waals surface area contributed by atoms with Crippen molar-refractivity contribution in [3.05, 3.63) is 0 Å². The van der Waals surface area contributed by atoms with Crippen LogP contribution < -0.4 is 0 Å². The van der Waals surface area contributed by atoms with Gasteiger partial charge in [-0.3, -0.25) is 0 Å². The minimum Gasteiger partial charge on any atom is -0.375 e. The zero-order valence-electron chi connectivity index (χ0n) is 24.4. The third kappa shape index (κ3) is 21.9. The maximum Gasteiger partial charge on any atom is 0.102 e. The number of hydrogen-bond donors (Lipinski definition) is 0. The lowest BCUT2D eigenvalue weighted by atomic mass is 9.92. The molecular weight excluding hydrogens is 420 g/mol. The van der Waals surface area contributed by atoms with E-state index in [0.29, 0.717) is 52.9 Å². The Kier molecular flexibility index (Phi) is 14.2. The van der Waals surface area contributed by atoms with Crippen LogP contribution in [0.1, 0.15) is 0 Å². The quantitative estimate of drug-likeness (QED) is 0.191. The molecule has 0 aliphatic heterocycles. The van der Waals surface area contributed by atoms with Gasteiger partial charge in [0.05, 0.1) is 143 Å². The highest BCUT2D eigenvalue weighted by molar-refractivity contribution is 4.79. The summed E-state index contributed by atoms with van der Waals surface area (Å²) >= 11 is 0.